The van der Waals surface area contributed by atoms with Gasteiger partial charge >= 0.3 is 0 Å². The van der Waals surface area contributed by atoms with E-state index in [-0.39, 0.29) is 11.6 Å². The summed E-state index contributed by atoms with van der Waals surface area (Å²) < 4.78 is 0. The van der Waals surface area contributed by atoms with Crippen molar-refractivity contribution >= 4 is 17.3 Å². The Morgan fingerprint density at radius 1 is 1.57 bits per heavy atom. The monoisotopic (exact) mass is 292 g/mol. The van der Waals surface area contributed by atoms with Crippen LogP contribution in [0.15, 0.2) is 18.2 Å². The van der Waals surface area contributed by atoms with Gasteiger partial charge in [0.2, 0.25) is 5.91 Å². The second kappa shape index (κ2) is 5.69. The minimum atomic E-state index is -0.480. The molecule has 0 radical (unpaired) electrons. The first-order chi connectivity index (χ1) is 9.85. The Labute approximate surface area is 123 Å². The van der Waals surface area contributed by atoms with Crippen LogP contribution in [0.3, 0.4) is 0 Å². The Morgan fingerprint density at radius 2 is 2.29 bits per heavy atom. The molecule has 2 rings (SSSR count). The summed E-state index contributed by atoms with van der Waals surface area (Å²) in [4.78, 5) is 24.1. The molecule has 0 saturated carbocycles. The molecule has 21 heavy (non-hydrogen) atoms. The van der Waals surface area contributed by atoms with E-state index in [1.807, 2.05) is 6.92 Å². The number of nitrogens with two attached hydrogens (primary N) is 1. The van der Waals surface area contributed by atoms with E-state index in [1.165, 1.54) is 6.07 Å². The van der Waals surface area contributed by atoms with Gasteiger partial charge in [-0.15, -0.1) is 0 Å². The van der Waals surface area contributed by atoms with E-state index in [2.05, 4.69) is 10.2 Å². The molecule has 1 heterocycles. The van der Waals surface area contributed by atoms with Gasteiger partial charge in [-0.1, -0.05) is 6.07 Å². The number of nitro groups is 1. The minimum Gasteiger partial charge on any atom is -0.383 e. The number of benzene rings is 1. The fourth-order valence-corrected chi connectivity index (χ4v) is 2.69. The van der Waals surface area contributed by atoms with Crippen LogP contribution in [0.5, 0.6) is 0 Å². The molecule has 0 aromatic heterocycles. The maximum atomic E-state index is 11.5. The largest absolute Gasteiger partial charge is 0.383 e. The van der Waals surface area contributed by atoms with E-state index in [0.717, 1.165) is 18.5 Å². The molecule has 1 unspecified atom stereocenters. The van der Waals surface area contributed by atoms with Crippen LogP contribution >= 0.6 is 0 Å². The highest BCUT2D eigenvalue weighted by atomic mass is 16.6. The molecular formula is C14H20N4O3. The summed E-state index contributed by atoms with van der Waals surface area (Å²) in [6.07, 6.45) is 0.744. The highest BCUT2D eigenvalue weighted by Crippen LogP contribution is 2.31. The first kappa shape index (κ1) is 15.2. The lowest BCUT2D eigenvalue weighted by molar-refractivity contribution is -0.384. The number of nitrogens with one attached hydrogen (secondary N) is 1. The highest BCUT2D eigenvalue weighted by Gasteiger charge is 2.38. The predicted octanol–water partition coefficient (Wildman–Crippen LogP) is 1.33. The molecule has 3 N–H and O–H groups in total. The number of anilines is 1. The van der Waals surface area contributed by atoms with Crippen LogP contribution in [0.2, 0.25) is 0 Å². The Morgan fingerprint density at radius 3 is 2.81 bits per heavy atom. The Hall–Kier alpha value is -2.15. The van der Waals surface area contributed by atoms with Gasteiger partial charge in [0.15, 0.2) is 0 Å². The average molecular weight is 292 g/mol. The number of amides is 1. The van der Waals surface area contributed by atoms with Gasteiger partial charge in [-0.3, -0.25) is 19.8 Å². The van der Waals surface area contributed by atoms with Crippen LogP contribution in [0.1, 0.15) is 18.9 Å². The topological polar surface area (TPSA) is 102 Å². The maximum Gasteiger partial charge on any atom is 0.292 e. The van der Waals surface area contributed by atoms with Crippen LogP contribution in [0, 0.1) is 15.5 Å². The normalized spacial score (nSPS) is 22.2. The van der Waals surface area contributed by atoms with E-state index in [0.29, 0.717) is 18.8 Å². The summed E-state index contributed by atoms with van der Waals surface area (Å²) in [5.41, 5.74) is 6.48. The summed E-state index contributed by atoms with van der Waals surface area (Å²) in [6.45, 7) is 3.94. The van der Waals surface area contributed by atoms with Gasteiger partial charge in [-0.05, 0) is 31.5 Å². The summed E-state index contributed by atoms with van der Waals surface area (Å²) in [5, 5.41) is 13.7. The third kappa shape index (κ3) is 3.13. The smallest absolute Gasteiger partial charge is 0.292 e. The van der Waals surface area contributed by atoms with Crippen LogP contribution < -0.4 is 11.1 Å². The Bertz CT molecular complexity index is 575. The van der Waals surface area contributed by atoms with E-state index in [1.54, 1.807) is 19.2 Å². The summed E-state index contributed by atoms with van der Waals surface area (Å²) in [6, 6.07) is 5.03. The molecule has 1 atom stereocenters. The molecular weight excluding hydrogens is 272 g/mol. The van der Waals surface area contributed by atoms with Crippen molar-refractivity contribution in [2.45, 2.75) is 19.9 Å². The zero-order valence-electron chi connectivity index (χ0n) is 12.3. The SMILES string of the molecule is CNc1cc(CN2CCC(C)(C(N)=O)C2)ccc1[N+](=O)[O-]. The lowest BCUT2D eigenvalue weighted by Crippen LogP contribution is -2.36. The zero-order chi connectivity index (χ0) is 15.6. The quantitative estimate of drug-likeness (QED) is 0.630. The standard InChI is InChI=1S/C14H20N4O3/c1-14(13(15)19)5-6-17(9-14)8-10-3-4-12(18(20)21)11(7-10)16-2/h3-4,7,16H,5-6,8-9H2,1-2H3,(H2,15,19). The molecule has 0 bridgehead atoms. The van der Waals surface area contributed by atoms with Crippen LogP contribution in [0.25, 0.3) is 0 Å². The van der Waals surface area contributed by atoms with E-state index >= 15 is 0 Å². The third-order valence-corrected chi connectivity index (χ3v) is 4.08. The first-order valence-corrected chi connectivity index (χ1v) is 6.83. The zero-order valence-corrected chi connectivity index (χ0v) is 12.3. The Balaban J connectivity index is 2.11. The van der Waals surface area contributed by atoms with Crippen molar-refractivity contribution in [1.82, 2.24) is 4.90 Å². The van der Waals surface area contributed by atoms with Gasteiger partial charge in [0.25, 0.3) is 5.69 Å². The van der Waals surface area contributed by atoms with Crippen molar-refractivity contribution in [2.75, 3.05) is 25.5 Å². The number of nitrogens with zero attached hydrogens (tertiary/aromatic N) is 2. The van der Waals surface area contributed by atoms with E-state index in [9.17, 15) is 14.9 Å². The molecule has 0 spiro atoms. The number of carbonyl (C=O) groups excluding carboxylic acids is 1. The average Bonchev–Trinajstić information content (AvgIpc) is 2.81. The fraction of sp³-hybridized carbons (Fsp3) is 0.500. The van der Waals surface area contributed by atoms with Crippen molar-refractivity contribution in [3.8, 4) is 0 Å². The molecule has 0 aliphatic carbocycles. The number of hydrogen-bond donors (Lipinski definition) is 2. The summed E-state index contributed by atoms with van der Waals surface area (Å²) in [5.74, 6) is -0.274. The van der Waals surface area contributed by atoms with Gasteiger partial charge < -0.3 is 11.1 Å². The lowest BCUT2D eigenvalue weighted by Gasteiger charge is -2.21. The van der Waals surface area contributed by atoms with Crippen LogP contribution in [-0.4, -0.2) is 35.9 Å². The first-order valence-electron chi connectivity index (χ1n) is 6.83. The number of likely N-dealkylation sites (tertiary alicyclic amines) is 1. The van der Waals surface area contributed by atoms with Crippen molar-refractivity contribution in [3.05, 3.63) is 33.9 Å². The van der Waals surface area contributed by atoms with Gasteiger partial charge in [0, 0.05) is 26.2 Å². The van der Waals surface area contributed by atoms with E-state index < -0.39 is 10.3 Å². The third-order valence-electron chi connectivity index (χ3n) is 4.08. The van der Waals surface area contributed by atoms with Crippen molar-refractivity contribution in [1.29, 1.82) is 0 Å². The number of nitro benzene ring substituents is 1. The molecule has 1 amide bonds. The minimum absolute atomic E-state index is 0.0599. The van der Waals surface area contributed by atoms with Crippen LogP contribution in [-0.2, 0) is 11.3 Å². The van der Waals surface area contributed by atoms with Crippen molar-refractivity contribution in [2.24, 2.45) is 11.1 Å². The van der Waals surface area contributed by atoms with Crippen molar-refractivity contribution in [3.63, 3.8) is 0 Å². The predicted molar refractivity (Wildman–Crippen MR) is 79.8 cm³/mol. The number of rotatable bonds is 5. The lowest BCUT2D eigenvalue weighted by atomic mass is 9.89. The molecule has 1 aliphatic heterocycles. The fourth-order valence-electron chi connectivity index (χ4n) is 2.69. The van der Waals surface area contributed by atoms with Gasteiger partial charge in [0.1, 0.15) is 5.69 Å². The van der Waals surface area contributed by atoms with Crippen LogP contribution in [0.4, 0.5) is 11.4 Å². The Kier molecular flexibility index (Phi) is 4.13. The second-order valence-electron chi connectivity index (χ2n) is 5.74. The summed E-state index contributed by atoms with van der Waals surface area (Å²) in [7, 11) is 1.66. The molecule has 7 heteroatoms. The van der Waals surface area contributed by atoms with Gasteiger partial charge in [-0.25, -0.2) is 0 Å². The molecule has 114 valence electrons. The molecule has 1 aromatic carbocycles. The van der Waals surface area contributed by atoms with E-state index in [4.69, 9.17) is 5.73 Å². The molecule has 7 nitrogen and oxygen atoms in total. The highest BCUT2D eigenvalue weighted by molar-refractivity contribution is 5.81. The number of primary amides is 1. The number of carbonyl (C=O) groups is 1. The number of hydrogen-bond acceptors (Lipinski definition) is 5. The van der Waals surface area contributed by atoms with Gasteiger partial charge in [0.05, 0.1) is 10.3 Å². The molecule has 1 aromatic rings. The maximum absolute atomic E-state index is 11.5. The van der Waals surface area contributed by atoms with Crippen molar-refractivity contribution < 1.29 is 9.72 Å². The summed E-state index contributed by atoms with van der Waals surface area (Å²) >= 11 is 0. The van der Waals surface area contributed by atoms with Gasteiger partial charge in [-0.2, -0.15) is 0 Å². The molecule has 1 aliphatic rings. The molecule has 1 saturated heterocycles. The molecule has 1 fully saturated rings. The second-order valence-corrected chi connectivity index (χ2v) is 5.74.